The molecule has 20 heavy (non-hydrogen) atoms. The molecule has 0 unspecified atom stereocenters. The normalized spacial score (nSPS) is 18.8. The Balaban J connectivity index is 1.97. The Morgan fingerprint density at radius 1 is 1.45 bits per heavy atom. The van der Waals surface area contributed by atoms with Gasteiger partial charge in [0.2, 0.25) is 0 Å². The molecule has 2 rings (SSSR count). The minimum atomic E-state index is -0.0343. The number of hydrogen-bond acceptors (Lipinski definition) is 3. The fourth-order valence-electron chi connectivity index (χ4n) is 2.41. The lowest BCUT2D eigenvalue weighted by atomic mass is 9.80. The van der Waals surface area contributed by atoms with Crippen molar-refractivity contribution in [3.8, 4) is 0 Å². The number of benzene rings is 1. The van der Waals surface area contributed by atoms with E-state index in [1.165, 1.54) is 0 Å². The number of nitrogens with one attached hydrogen (secondary N) is 1. The third-order valence-corrected chi connectivity index (χ3v) is 5.03. The summed E-state index contributed by atoms with van der Waals surface area (Å²) in [6, 6.07) is 5.51. The van der Waals surface area contributed by atoms with E-state index in [1.807, 2.05) is 12.1 Å². The van der Waals surface area contributed by atoms with E-state index in [0.29, 0.717) is 5.56 Å². The predicted molar refractivity (Wildman–Crippen MR) is 88.6 cm³/mol. The van der Waals surface area contributed by atoms with Gasteiger partial charge in [-0.1, -0.05) is 6.92 Å². The van der Waals surface area contributed by atoms with Crippen molar-refractivity contribution in [1.29, 1.82) is 0 Å². The van der Waals surface area contributed by atoms with Crippen molar-refractivity contribution >= 4 is 34.5 Å². The van der Waals surface area contributed by atoms with Gasteiger partial charge in [-0.05, 0) is 72.5 Å². The Morgan fingerprint density at radius 2 is 2.10 bits per heavy atom. The van der Waals surface area contributed by atoms with Crippen molar-refractivity contribution in [3.05, 3.63) is 28.2 Å². The molecule has 1 fully saturated rings. The number of nitrogens with zero attached hydrogens (tertiary/aromatic N) is 1. The Kier molecular flexibility index (Phi) is 5.15. The minimum Gasteiger partial charge on any atom is -0.351 e. The molecule has 1 saturated heterocycles. The number of likely N-dealkylation sites (tertiary alicyclic amines) is 1. The second-order valence-electron chi connectivity index (χ2n) is 5.96. The summed E-state index contributed by atoms with van der Waals surface area (Å²) in [6.07, 6.45) is 2.25. The van der Waals surface area contributed by atoms with E-state index in [9.17, 15) is 4.79 Å². The van der Waals surface area contributed by atoms with E-state index in [4.69, 9.17) is 0 Å². The lowest BCUT2D eigenvalue weighted by Crippen LogP contribution is -2.43. The maximum Gasteiger partial charge on any atom is 0.252 e. The van der Waals surface area contributed by atoms with Crippen LogP contribution in [0.3, 0.4) is 0 Å². The summed E-state index contributed by atoms with van der Waals surface area (Å²) in [5, 5.41) is 3.07. The van der Waals surface area contributed by atoms with Crippen LogP contribution in [0.25, 0.3) is 0 Å². The van der Waals surface area contributed by atoms with Crippen LogP contribution in [-0.4, -0.2) is 37.5 Å². The molecule has 1 N–H and O–H groups in total. The van der Waals surface area contributed by atoms with E-state index in [1.54, 1.807) is 6.07 Å². The largest absolute Gasteiger partial charge is 0.351 e. The maximum atomic E-state index is 12.3. The number of rotatable bonds is 3. The molecule has 1 aliphatic rings. The summed E-state index contributed by atoms with van der Waals surface area (Å²) in [4.78, 5) is 15.4. The van der Waals surface area contributed by atoms with Crippen molar-refractivity contribution in [2.24, 2.45) is 5.41 Å². The molecular weight excluding hydrogens is 336 g/mol. The fraction of sp³-hybridized carbons (Fsp3) is 0.533. The average molecular weight is 357 g/mol. The summed E-state index contributed by atoms with van der Waals surface area (Å²) < 4.78 is 0.807. The van der Waals surface area contributed by atoms with Crippen molar-refractivity contribution in [3.63, 3.8) is 0 Å². The fourth-order valence-corrected chi connectivity index (χ4v) is 3.04. The maximum absolute atomic E-state index is 12.3. The molecule has 1 aliphatic heterocycles. The summed E-state index contributed by atoms with van der Waals surface area (Å²) in [5.41, 5.74) is 0.849. The molecule has 0 saturated carbocycles. The average Bonchev–Trinajstić information content (AvgIpc) is 2.43. The van der Waals surface area contributed by atoms with Crippen LogP contribution in [-0.2, 0) is 0 Å². The van der Waals surface area contributed by atoms with Crippen molar-refractivity contribution in [2.75, 3.05) is 26.7 Å². The zero-order chi connectivity index (χ0) is 14.8. The standard InChI is InChI=1S/C15H21BrN2OS/c1-15(5-7-18(2)8-6-15)10-17-14(19)12-9-11(20)3-4-13(12)16/h3-4,9,20H,5-8,10H2,1-2H3,(H,17,19). The third-order valence-electron chi connectivity index (χ3n) is 4.06. The van der Waals surface area contributed by atoms with E-state index in [2.05, 4.69) is 52.7 Å². The monoisotopic (exact) mass is 356 g/mol. The van der Waals surface area contributed by atoms with Crippen molar-refractivity contribution in [1.82, 2.24) is 10.2 Å². The molecule has 0 aromatic heterocycles. The lowest BCUT2D eigenvalue weighted by Gasteiger charge is -2.38. The molecule has 0 bridgehead atoms. The zero-order valence-electron chi connectivity index (χ0n) is 11.9. The van der Waals surface area contributed by atoms with Crippen LogP contribution >= 0.6 is 28.6 Å². The number of thiol groups is 1. The molecule has 0 aliphatic carbocycles. The van der Waals surface area contributed by atoms with Gasteiger partial charge in [-0.3, -0.25) is 4.79 Å². The van der Waals surface area contributed by atoms with Crippen LogP contribution in [0.2, 0.25) is 0 Å². The number of carbonyl (C=O) groups excluding carboxylic acids is 1. The smallest absolute Gasteiger partial charge is 0.252 e. The molecule has 0 atom stereocenters. The van der Waals surface area contributed by atoms with Crippen LogP contribution in [0.4, 0.5) is 0 Å². The molecule has 0 spiro atoms. The van der Waals surface area contributed by atoms with Crippen LogP contribution in [0, 0.1) is 5.41 Å². The van der Waals surface area contributed by atoms with Gasteiger partial charge in [-0.25, -0.2) is 0 Å². The molecule has 0 radical (unpaired) electrons. The molecule has 1 heterocycles. The highest BCUT2D eigenvalue weighted by molar-refractivity contribution is 9.10. The van der Waals surface area contributed by atoms with Gasteiger partial charge in [0.15, 0.2) is 0 Å². The van der Waals surface area contributed by atoms with Gasteiger partial charge in [0.25, 0.3) is 5.91 Å². The number of piperidine rings is 1. The molecule has 1 amide bonds. The van der Waals surface area contributed by atoms with Gasteiger partial charge in [0, 0.05) is 15.9 Å². The van der Waals surface area contributed by atoms with E-state index >= 15 is 0 Å². The highest BCUT2D eigenvalue weighted by Gasteiger charge is 2.29. The molecule has 1 aromatic carbocycles. The van der Waals surface area contributed by atoms with Gasteiger partial charge >= 0.3 is 0 Å². The highest BCUT2D eigenvalue weighted by atomic mass is 79.9. The van der Waals surface area contributed by atoms with E-state index < -0.39 is 0 Å². The Bertz CT molecular complexity index is 499. The molecule has 5 heteroatoms. The van der Waals surface area contributed by atoms with E-state index in [-0.39, 0.29) is 11.3 Å². The van der Waals surface area contributed by atoms with Gasteiger partial charge in [0.05, 0.1) is 5.56 Å². The summed E-state index contributed by atoms with van der Waals surface area (Å²) >= 11 is 7.70. The second-order valence-corrected chi connectivity index (χ2v) is 7.33. The number of amides is 1. The predicted octanol–water partition coefficient (Wildman–Crippen LogP) is 3.20. The lowest BCUT2D eigenvalue weighted by molar-refractivity contribution is 0.0890. The molecule has 3 nitrogen and oxygen atoms in total. The first-order valence-electron chi connectivity index (χ1n) is 6.85. The van der Waals surface area contributed by atoms with Crippen LogP contribution in [0.15, 0.2) is 27.6 Å². The Morgan fingerprint density at radius 3 is 2.75 bits per heavy atom. The number of halogens is 1. The summed E-state index contributed by atoms with van der Waals surface area (Å²) in [6.45, 7) is 5.18. The number of hydrogen-bond donors (Lipinski definition) is 2. The Hall–Kier alpha value is -0.520. The quantitative estimate of drug-likeness (QED) is 0.815. The first kappa shape index (κ1) is 15.9. The highest BCUT2D eigenvalue weighted by Crippen LogP contribution is 2.29. The number of carbonyl (C=O) groups is 1. The van der Waals surface area contributed by atoms with E-state index in [0.717, 1.165) is 41.8 Å². The molecule has 110 valence electrons. The summed E-state index contributed by atoms with van der Waals surface area (Å²) in [7, 11) is 2.15. The molecule has 1 aromatic rings. The molecular formula is C15H21BrN2OS. The van der Waals surface area contributed by atoms with Crippen molar-refractivity contribution in [2.45, 2.75) is 24.7 Å². The van der Waals surface area contributed by atoms with Gasteiger partial charge in [-0.2, -0.15) is 0 Å². The first-order chi connectivity index (χ1) is 9.39. The van der Waals surface area contributed by atoms with Gasteiger partial charge in [0.1, 0.15) is 0 Å². The van der Waals surface area contributed by atoms with Crippen LogP contribution < -0.4 is 5.32 Å². The first-order valence-corrected chi connectivity index (χ1v) is 8.09. The minimum absolute atomic E-state index is 0.0343. The topological polar surface area (TPSA) is 32.3 Å². The SMILES string of the molecule is CN1CCC(C)(CNC(=O)c2cc(S)ccc2Br)CC1. The van der Waals surface area contributed by atoms with Gasteiger partial charge in [-0.15, -0.1) is 12.6 Å². The van der Waals surface area contributed by atoms with Crippen LogP contribution in [0.1, 0.15) is 30.1 Å². The van der Waals surface area contributed by atoms with Crippen LogP contribution in [0.5, 0.6) is 0 Å². The third kappa shape index (κ3) is 3.99. The summed E-state index contributed by atoms with van der Waals surface area (Å²) in [5.74, 6) is -0.0343. The Labute approximate surface area is 134 Å². The zero-order valence-corrected chi connectivity index (χ0v) is 14.4. The second kappa shape index (κ2) is 6.50. The van der Waals surface area contributed by atoms with Gasteiger partial charge < -0.3 is 10.2 Å². The van der Waals surface area contributed by atoms with Crippen molar-refractivity contribution < 1.29 is 4.79 Å².